The van der Waals surface area contributed by atoms with Crippen LogP contribution in [0.2, 0.25) is 0 Å². The molecule has 1 atom stereocenters. The highest BCUT2D eigenvalue weighted by molar-refractivity contribution is 9.10. The highest BCUT2D eigenvalue weighted by atomic mass is 79.9. The molecule has 1 unspecified atom stereocenters. The summed E-state index contributed by atoms with van der Waals surface area (Å²) in [6, 6.07) is 14.4. The van der Waals surface area contributed by atoms with E-state index >= 15 is 0 Å². The number of amides is 1. The van der Waals surface area contributed by atoms with Crippen molar-refractivity contribution in [1.29, 1.82) is 0 Å². The Morgan fingerprint density at radius 1 is 0.912 bits per heavy atom. The van der Waals surface area contributed by atoms with Crippen LogP contribution in [0.1, 0.15) is 38.9 Å². The van der Waals surface area contributed by atoms with E-state index in [0.29, 0.717) is 17.0 Å². The Morgan fingerprint density at radius 2 is 1.53 bits per heavy atom. The largest absolute Gasteiger partial charge is 0.325 e. The molecule has 3 aromatic rings. The van der Waals surface area contributed by atoms with Crippen molar-refractivity contribution in [3.8, 4) is 0 Å². The molecule has 7 heteroatoms. The zero-order valence-electron chi connectivity index (χ0n) is 20.1. The molecule has 1 heterocycles. The molecule has 1 aliphatic heterocycles. The fourth-order valence-electron chi connectivity index (χ4n) is 4.61. The van der Waals surface area contributed by atoms with Gasteiger partial charge in [0, 0.05) is 16.7 Å². The molecule has 1 aliphatic rings. The van der Waals surface area contributed by atoms with Crippen molar-refractivity contribution >= 4 is 37.5 Å². The number of aryl methyl sites for hydroxylation is 3. The summed E-state index contributed by atoms with van der Waals surface area (Å²) in [6.07, 6.45) is 0.319. The Bertz CT molecular complexity index is 1370. The third kappa shape index (κ3) is 4.44. The van der Waals surface area contributed by atoms with Gasteiger partial charge in [-0.1, -0.05) is 46.3 Å². The molecule has 5 nitrogen and oxygen atoms in total. The number of fused-ring (bicyclic) bond motifs is 1. The van der Waals surface area contributed by atoms with Crippen molar-refractivity contribution in [3.05, 3.63) is 91.9 Å². The van der Waals surface area contributed by atoms with Crippen LogP contribution in [0.15, 0.2) is 57.9 Å². The first-order valence-corrected chi connectivity index (χ1v) is 13.5. The highest BCUT2D eigenvalue weighted by Crippen LogP contribution is 2.34. The number of rotatable bonds is 4. The van der Waals surface area contributed by atoms with E-state index in [2.05, 4.69) is 21.2 Å². The van der Waals surface area contributed by atoms with Crippen molar-refractivity contribution in [2.75, 3.05) is 5.32 Å². The topological polar surface area (TPSA) is 66.5 Å². The number of benzene rings is 3. The van der Waals surface area contributed by atoms with Crippen LogP contribution in [-0.4, -0.2) is 24.7 Å². The third-order valence-corrected chi connectivity index (χ3v) is 9.82. The van der Waals surface area contributed by atoms with Crippen LogP contribution < -0.4 is 5.32 Å². The molecule has 3 aromatic carbocycles. The lowest BCUT2D eigenvalue weighted by Crippen LogP contribution is -2.50. The minimum Gasteiger partial charge on any atom is -0.325 e. The van der Waals surface area contributed by atoms with Gasteiger partial charge in [0.25, 0.3) is 0 Å². The number of carbonyl (C=O) groups excluding carboxylic acids is 1. The van der Waals surface area contributed by atoms with Gasteiger partial charge in [-0.25, -0.2) is 8.42 Å². The molecular formula is C27H29BrN2O3S. The Labute approximate surface area is 210 Å². The van der Waals surface area contributed by atoms with Gasteiger partial charge in [-0.05, 0) is 98.2 Å². The quantitative estimate of drug-likeness (QED) is 0.458. The van der Waals surface area contributed by atoms with E-state index in [0.717, 1.165) is 43.4 Å². The first-order chi connectivity index (χ1) is 16.0. The smallest absolute Gasteiger partial charge is 0.244 e. The van der Waals surface area contributed by atoms with Crippen LogP contribution in [0.5, 0.6) is 0 Å². The highest BCUT2D eigenvalue weighted by Gasteiger charge is 2.41. The molecule has 178 valence electrons. The van der Waals surface area contributed by atoms with Crippen LogP contribution >= 0.6 is 15.9 Å². The molecule has 1 amide bonds. The molecule has 0 aromatic heterocycles. The predicted octanol–water partition coefficient (Wildman–Crippen LogP) is 5.75. The lowest BCUT2D eigenvalue weighted by molar-refractivity contribution is -0.120. The predicted molar refractivity (Wildman–Crippen MR) is 140 cm³/mol. The second kappa shape index (κ2) is 9.29. The second-order valence-corrected chi connectivity index (χ2v) is 11.8. The minimum absolute atomic E-state index is 0.155. The first kappa shape index (κ1) is 24.6. The van der Waals surface area contributed by atoms with Gasteiger partial charge >= 0.3 is 0 Å². The summed E-state index contributed by atoms with van der Waals surface area (Å²) < 4.78 is 30.6. The third-order valence-electron chi connectivity index (χ3n) is 6.80. The van der Waals surface area contributed by atoms with Crippen LogP contribution in [-0.2, 0) is 27.8 Å². The van der Waals surface area contributed by atoms with Crippen LogP contribution in [0.3, 0.4) is 0 Å². The van der Waals surface area contributed by atoms with Crippen LogP contribution in [0, 0.1) is 34.6 Å². The maximum atomic E-state index is 14.1. The van der Waals surface area contributed by atoms with Gasteiger partial charge in [0.2, 0.25) is 15.9 Å². The summed E-state index contributed by atoms with van der Waals surface area (Å²) in [5.74, 6) is -0.334. The van der Waals surface area contributed by atoms with E-state index in [-0.39, 0.29) is 12.5 Å². The fraction of sp³-hybridized carbons (Fsp3) is 0.296. The molecule has 4 rings (SSSR count). The summed E-state index contributed by atoms with van der Waals surface area (Å²) >= 11 is 3.48. The standard InChI is InChI=1S/C27H29BrN2O3S/c1-16-12-17(2)20(5)26(19(16)4)34(32,33)30-15-22-9-7-6-8-21(22)14-25(30)27(31)29-23-10-11-24(28)18(3)13-23/h6-13,25H,14-15H2,1-5H3,(H,29,31). The second-order valence-electron chi connectivity index (χ2n) is 9.08. The number of halogens is 1. The summed E-state index contributed by atoms with van der Waals surface area (Å²) in [5, 5.41) is 2.95. The van der Waals surface area contributed by atoms with E-state index in [1.807, 2.05) is 83.1 Å². The van der Waals surface area contributed by atoms with Gasteiger partial charge in [-0.3, -0.25) is 4.79 Å². The van der Waals surface area contributed by atoms with E-state index in [1.54, 1.807) is 0 Å². The van der Waals surface area contributed by atoms with Crippen molar-refractivity contribution in [2.24, 2.45) is 0 Å². The summed E-state index contributed by atoms with van der Waals surface area (Å²) in [4.78, 5) is 13.8. The van der Waals surface area contributed by atoms with Gasteiger partial charge < -0.3 is 5.32 Å². The van der Waals surface area contributed by atoms with Gasteiger partial charge in [0.15, 0.2) is 0 Å². The number of sulfonamides is 1. The molecule has 0 saturated heterocycles. The molecule has 1 N–H and O–H groups in total. The zero-order valence-corrected chi connectivity index (χ0v) is 22.5. The molecule has 0 fully saturated rings. The summed E-state index contributed by atoms with van der Waals surface area (Å²) in [5.41, 5.74) is 6.84. The summed E-state index contributed by atoms with van der Waals surface area (Å²) in [6.45, 7) is 9.62. The van der Waals surface area contributed by atoms with Crippen molar-refractivity contribution < 1.29 is 13.2 Å². The number of hydrogen-bond donors (Lipinski definition) is 1. The van der Waals surface area contributed by atoms with Crippen molar-refractivity contribution in [1.82, 2.24) is 4.31 Å². The maximum Gasteiger partial charge on any atom is 0.244 e. The lowest BCUT2D eigenvalue weighted by Gasteiger charge is -2.36. The summed E-state index contributed by atoms with van der Waals surface area (Å²) in [7, 11) is -3.95. The van der Waals surface area contributed by atoms with Gasteiger partial charge in [0.1, 0.15) is 6.04 Å². The number of hydrogen-bond acceptors (Lipinski definition) is 3. The zero-order chi connectivity index (χ0) is 24.8. The molecule has 34 heavy (non-hydrogen) atoms. The number of nitrogens with one attached hydrogen (secondary N) is 1. The van der Waals surface area contributed by atoms with Gasteiger partial charge in [-0.2, -0.15) is 4.31 Å². The Kier molecular flexibility index (Phi) is 6.73. The number of carbonyl (C=O) groups is 1. The van der Waals surface area contributed by atoms with Crippen molar-refractivity contribution in [2.45, 2.75) is 58.5 Å². The first-order valence-electron chi connectivity index (χ1n) is 11.2. The minimum atomic E-state index is -3.95. The Balaban J connectivity index is 1.80. The van der Waals surface area contributed by atoms with Crippen LogP contribution in [0.25, 0.3) is 0 Å². The molecule has 0 aliphatic carbocycles. The fourth-order valence-corrected chi connectivity index (χ4v) is 7.00. The molecular weight excluding hydrogens is 512 g/mol. The maximum absolute atomic E-state index is 14.1. The van der Waals surface area contributed by atoms with E-state index in [4.69, 9.17) is 0 Å². The number of nitrogens with zero attached hydrogens (tertiary/aromatic N) is 1. The van der Waals surface area contributed by atoms with E-state index in [9.17, 15) is 13.2 Å². The normalized spacial score (nSPS) is 16.2. The van der Waals surface area contributed by atoms with Crippen LogP contribution in [0.4, 0.5) is 5.69 Å². The monoisotopic (exact) mass is 540 g/mol. The average molecular weight is 542 g/mol. The van der Waals surface area contributed by atoms with Gasteiger partial charge in [0.05, 0.1) is 4.90 Å². The molecule has 0 radical (unpaired) electrons. The molecule has 0 spiro atoms. The van der Waals surface area contributed by atoms with E-state index in [1.165, 1.54) is 4.31 Å². The SMILES string of the molecule is Cc1cc(NC(=O)C2Cc3ccccc3CN2S(=O)(=O)c2c(C)c(C)cc(C)c2C)ccc1Br. The molecule has 0 bridgehead atoms. The van der Waals surface area contributed by atoms with E-state index < -0.39 is 16.1 Å². The number of anilines is 1. The lowest BCUT2D eigenvalue weighted by atomic mass is 9.95. The average Bonchev–Trinajstić information content (AvgIpc) is 2.79. The van der Waals surface area contributed by atoms with Crippen molar-refractivity contribution in [3.63, 3.8) is 0 Å². The molecule has 0 saturated carbocycles. The Morgan fingerprint density at radius 3 is 2.15 bits per heavy atom. The van der Waals surface area contributed by atoms with Gasteiger partial charge in [-0.15, -0.1) is 0 Å². The Hall–Kier alpha value is -2.48.